The predicted octanol–water partition coefficient (Wildman–Crippen LogP) is 6.41. The molecule has 0 aliphatic rings. The van der Waals surface area contributed by atoms with Crippen LogP contribution >= 0.6 is 0 Å². The Morgan fingerprint density at radius 3 is 2.34 bits per heavy atom. The van der Waals surface area contributed by atoms with E-state index in [-0.39, 0.29) is 11.5 Å². The maximum atomic E-state index is 13.3. The summed E-state index contributed by atoms with van der Waals surface area (Å²) in [6.45, 7) is 8.17. The van der Waals surface area contributed by atoms with Gasteiger partial charge in [-0.3, -0.25) is 9.36 Å². The molecule has 35 heavy (non-hydrogen) atoms. The second-order valence-electron chi connectivity index (χ2n) is 9.78. The van der Waals surface area contributed by atoms with Crippen molar-refractivity contribution in [2.24, 2.45) is 0 Å². The fourth-order valence-corrected chi connectivity index (χ4v) is 4.12. The van der Waals surface area contributed by atoms with Crippen LogP contribution in [0.3, 0.4) is 0 Å². The predicted molar refractivity (Wildman–Crippen MR) is 141 cm³/mol. The van der Waals surface area contributed by atoms with Crippen molar-refractivity contribution in [1.82, 2.24) is 9.55 Å². The van der Waals surface area contributed by atoms with Crippen molar-refractivity contribution in [3.63, 3.8) is 0 Å². The Balaban J connectivity index is 1.66. The molecule has 3 aromatic carbocycles. The zero-order valence-electron chi connectivity index (χ0n) is 20.9. The van der Waals surface area contributed by atoms with Crippen LogP contribution in [0.5, 0.6) is 0 Å². The number of carbonyl (C=O) groups is 1. The summed E-state index contributed by atoms with van der Waals surface area (Å²) in [4.78, 5) is 30.9. The van der Waals surface area contributed by atoms with Gasteiger partial charge in [0.15, 0.2) is 0 Å². The number of fused-ring (bicyclic) bond motifs is 1. The Kier molecular flexibility index (Phi) is 7.15. The minimum atomic E-state index is -0.565. The fourth-order valence-electron chi connectivity index (χ4n) is 4.12. The van der Waals surface area contributed by atoms with E-state index >= 15 is 0 Å². The van der Waals surface area contributed by atoms with E-state index < -0.39 is 5.60 Å². The number of hydrogen-bond acceptors (Lipinski definition) is 4. The van der Waals surface area contributed by atoms with Gasteiger partial charge in [0.25, 0.3) is 5.56 Å². The van der Waals surface area contributed by atoms with Crippen molar-refractivity contribution in [3.8, 4) is 11.1 Å². The number of para-hydroxylation sites is 1. The monoisotopic (exact) mass is 468 g/mol. The Bertz CT molecular complexity index is 1400. The van der Waals surface area contributed by atoms with Crippen LogP contribution < -0.4 is 5.56 Å². The van der Waals surface area contributed by atoms with E-state index in [1.807, 2.05) is 87.5 Å². The van der Waals surface area contributed by atoms with E-state index in [0.29, 0.717) is 17.5 Å². The third kappa shape index (κ3) is 5.68. The molecule has 0 aliphatic carbocycles. The Morgan fingerprint density at radius 1 is 0.943 bits per heavy atom. The van der Waals surface area contributed by atoms with Crippen molar-refractivity contribution in [1.29, 1.82) is 0 Å². The first kappa shape index (κ1) is 24.4. The van der Waals surface area contributed by atoms with Gasteiger partial charge in [0, 0.05) is 6.42 Å². The molecular weight excluding hydrogens is 436 g/mol. The van der Waals surface area contributed by atoms with Crippen LogP contribution in [-0.4, -0.2) is 21.1 Å². The van der Waals surface area contributed by atoms with Gasteiger partial charge in [0.2, 0.25) is 0 Å². The molecule has 0 saturated carbocycles. The third-order valence-electron chi connectivity index (χ3n) is 5.85. The Labute approximate surface area is 206 Å². The van der Waals surface area contributed by atoms with E-state index in [2.05, 4.69) is 6.92 Å². The minimum absolute atomic E-state index is 0.0129. The van der Waals surface area contributed by atoms with Crippen molar-refractivity contribution >= 4 is 16.9 Å². The van der Waals surface area contributed by atoms with Crippen LogP contribution in [0, 0.1) is 0 Å². The van der Waals surface area contributed by atoms with Crippen LogP contribution in [0.1, 0.15) is 62.3 Å². The van der Waals surface area contributed by atoms with Gasteiger partial charge >= 0.3 is 5.97 Å². The van der Waals surface area contributed by atoms with Crippen LogP contribution in [0.4, 0.5) is 0 Å². The maximum absolute atomic E-state index is 13.3. The summed E-state index contributed by atoms with van der Waals surface area (Å²) in [5.74, 6) is 0.474. The standard InChI is InChI=1S/C30H32N2O3/c1-5-6-15-27-31-26-14-10-9-13-25(26)28(33)32(27)20-21-16-18-22(19-17-21)23-11-7-8-12-24(23)29(34)35-30(2,3)4/h7-14,16-19H,5-6,15,20H2,1-4H3. The van der Waals surface area contributed by atoms with Gasteiger partial charge in [0.1, 0.15) is 11.4 Å². The maximum Gasteiger partial charge on any atom is 0.339 e. The van der Waals surface area contributed by atoms with Gasteiger partial charge in [-0.25, -0.2) is 9.78 Å². The van der Waals surface area contributed by atoms with E-state index in [1.165, 1.54) is 0 Å². The summed E-state index contributed by atoms with van der Waals surface area (Å²) >= 11 is 0. The molecule has 0 aliphatic heterocycles. The van der Waals surface area contributed by atoms with Crippen LogP contribution in [0.15, 0.2) is 77.6 Å². The summed E-state index contributed by atoms with van der Waals surface area (Å²) < 4.78 is 7.39. The highest BCUT2D eigenvalue weighted by molar-refractivity contribution is 5.97. The molecule has 180 valence electrons. The highest BCUT2D eigenvalue weighted by Gasteiger charge is 2.20. The first-order valence-electron chi connectivity index (χ1n) is 12.2. The number of benzene rings is 3. The molecule has 0 unspecified atom stereocenters. The lowest BCUT2D eigenvalue weighted by Gasteiger charge is -2.20. The summed E-state index contributed by atoms with van der Waals surface area (Å²) in [7, 11) is 0. The number of carbonyl (C=O) groups excluding carboxylic acids is 1. The molecule has 1 heterocycles. The molecule has 0 N–H and O–H groups in total. The molecule has 0 saturated heterocycles. The molecule has 5 heteroatoms. The second-order valence-corrected chi connectivity index (χ2v) is 9.78. The van der Waals surface area contributed by atoms with Crippen molar-refractivity contribution in [2.75, 3.05) is 0 Å². The number of aryl methyl sites for hydroxylation is 1. The van der Waals surface area contributed by atoms with Gasteiger partial charge < -0.3 is 4.74 Å². The normalized spacial score (nSPS) is 11.5. The summed E-state index contributed by atoms with van der Waals surface area (Å²) in [6, 6.07) is 23.0. The highest BCUT2D eigenvalue weighted by Crippen LogP contribution is 2.26. The summed E-state index contributed by atoms with van der Waals surface area (Å²) in [5, 5.41) is 0.635. The molecule has 0 bridgehead atoms. The van der Waals surface area contributed by atoms with Gasteiger partial charge in [-0.05, 0) is 62.1 Å². The molecule has 0 atom stereocenters. The smallest absolute Gasteiger partial charge is 0.339 e. The number of esters is 1. The number of ether oxygens (including phenoxy) is 1. The van der Waals surface area contributed by atoms with Gasteiger partial charge in [-0.1, -0.05) is 67.9 Å². The topological polar surface area (TPSA) is 61.2 Å². The van der Waals surface area contributed by atoms with Crippen LogP contribution in [0.25, 0.3) is 22.0 Å². The summed E-state index contributed by atoms with van der Waals surface area (Å²) in [5.41, 5.74) is 3.44. The second kappa shape index (κ2) is 10.3. The lowest BCUT2D eigenvalue weighted by molar-refractivity contribution is 0.00704. The average Bonchev–Trinajstić information content (AvgIpc) is 2.84. The van der Waals surface area contributed by atoms with Crippen molar-refractivity contribution < 1.29 is 9.53 Å². The molecule has 0 spiro atoms. The SMILES string of the molecule is CCCCc1nc2ccccc2c(=O)n1Cc1ccc(-c2ccccc2C(=O)OC(C)(C)C)cc1. The van der Waals surface area contributed by atoms with E-state index in [0.717, 1.165) is 47.3 Å². The summed E-state index contributed by atoms with van der Waals surface area (Å²) in [6.07, 6.45) is 2.78. The van der Waals surface area contributed by atoms with Gasteiger partial charge in [0.05, 0.1) is 23.0 Å². The minimum Gasteiger partial charge on any atom is -0.456 e. The van der Waals surface area contributed by atoms with Gasteiger partial charge in [-0.15, -0.1) is 0 Å². The lowest BCUT2D eigenvalue weighted by atomic mass is 9.98. The molecule has 4 aromatic rings. The molecule has 0 fully saturated rings. The third-order valence-corrected chi connectivity index (χ3v) is 5.85. The molecule has 0 radical (unpaired) electrons. The molecule has 0 amide bonds. The van der Waals surface area contributed by atoms with Crippen molar-refractivity contribution in [2.45, 2.75) is 59.1 Å². The van der Waals surface area contributed by atoms with E-state index in [4.69, 9.17) is 9.72 Å². The lowest BCUT2D eigenvalue weighted by Crippen LogP contribution is -2.26. The Morgan fingerprint density at radius 2 is 1.63 bits per heavy atom. The van der Waals surface area contributed by atoms with Crippen LogP contribution in [0.2, 0.25) is 0 Å². The van der Waals surface area contributed by atoms with Crippen LogP contribution in [-0.2, 0) is 17.7 Å². The average molecular weight is 469 g/mol. The molecule has 1 aromatic heterocycles. The first-order valence-corrected chi connectivity index (χ1v) is 12.2. The number of nitrogens with zero attached hydrogens (tertiary/aromatic N) is 2. The zero-order valence-corrected chi connectivity index (χ0v) is 20.9. The van der Waals surface area contributed by atoms with Crippen molar-refractivity contribution in [3.05, 3.63) is 100 Å². The zero-order chi connectivity index (χ0) is 25.0. The number of hydrogen-bond donors (Lipinski definition) is 0. The molecule has 5 nitrogen and oxygen atoms in total. The fraction of sp³-hybridized carbons (Fsp3) is 0.300. The Hall–Kier alpha value is -3.73. The quantitative estimate of drug-likeness (QED) is 0.294. The number of unbranched alkanes of at least 4 members (excludes halogenated alkanes) is 1. The van der Waals surface area contributed by atoms with E-state index in [9.17, 15) is 9.59 Å². The number of rotatable bonds is 7. The molecular formula is C30H32N2O3. The number of aromatic nitrogens is 2. The highest BCUT2D eigenvalue weighted by atomic mass is 16.6. The molecule has 4 rings (SSSR count). The largest absolute Gasteiger partial charge is 0.456 e. The van der Waals surface area contributed by atoms with Gasteiger partial charge in [-0.2, -0.15) is 0 Å². The van der Waals surface area contributed by atoms with E-state index in [1.54, 1.807) is 10.6 Å². The first-order chi connectivity index (χ1) is 16.8.